The van der Waals surface area contributed by atoms with Crippen LogP contribution in [0, 0.1) is 13.8 Å². The first kappa shape index (κ1) is 27.6. The monoisotopic (exact) mass is 575 g/mol. The average molecular weight is 576 g/mol. The molecular weight excluding hydrogens is 546 g/mol. The predicted molar refractivity (Wildman–Crippen MR) is 162 cm³/mol. The van der Waals surface area contributed by atoms with E-state index in [1.54, 1.807) is 19.4 Å². The number of pyridine rings is 1. The minimum atomic E-state index is -0.284. The van der Waals surface area contributed by atoms with Crippen LogP contribution in [0.25, 0.3) is 5.69 Å². The highest BCUT2D eigenvalue weighted by molar-refractivity contribution is 7.80. The van der Waals surface area contributed by atoms with Crippen LogP contribution in [-0.4, -0.2) is 41.4 Å². The van der Waals surface area contributed by atoms with Gasteiger partial charge in [0.1, 0.15) is 12.4 Å². The van der Waals surface area contributed by atoms with E-state index >= 15 is 0 Å². The Hall–Kier alpha value is -3.92. The molecule has 2 N–H and O–H groups in total. The molecule has 1 saturated heterocycles. The Morgan fingerprint density at radius 2 is 1.90 bits per heavy atom. The Morgan fingerprint density at radius 1 is 1.07 bits per heavy atom. The number of carbonyl (C=O) groups excluding carboxylic acids is 1. The lowest BCUT2D eigenvalue weighted by Gasteiger charge is -2.28. The topological polar surface area (TPSA) is 80.7 Å². The van der Waals surface area contributed by atoms with E-state index in [4.69, 9.17) is 33.3 Å². The summed E-state index contributed by atoms with van der Waals surface area (Å²) in [6.45, 7) is 4.14. The Kier molecular flexibility index (Phi) is 8.07. The van der Waals surface area contributed by atoms with Crippen molar-refractivity contribution < 1.29 is 14.3 Å². The molecular formula is C30H30ClN5O3S. The Morgan fingerprint density at radius 3 is 2.60 bits per heavy atom. The van der Waals surface area contributed by atoms with Crippen LogP contribution >= 0.6 is 23.8 Å². The molecule has 8 nitrogen and oxygen atoms in total. The quantitative estimate of drug-likeness (QED) is 0.253. The Balaban J connectivity index is 1.61. The average Bonchev–Trinajstić information content (AvgIpc) is 3.45. The van der Waals surface area contributed by atoms with E-state index in [0.29, 0.717) is 15.8 Å². The molecule has 1 aliphatic rings. The summed E-state index contributed by atoms with van der Waals surface area (Å²) in [6.07, 6.45) is 1.79. The van der Waals surface area contributed by atoms with Gasteiger partial charge in [0.2, 0.25) is 5.91 Å². The van der Waals surface area contributed by atoms with Gasteiger partial charge in [-0.2, -0.15) is 0 Å². The number of hydrogen-bond donors (Lipinski definition) is 2. The molecule has 1 aliphatic heterocycles. The third-order valence-corrected chi connectivity index (χ3v) is 7.61. The first-order chi connectivity index (χ1) is 19.3. The van der Waals surface area contributed by atoms with Crippen molar-refractivity contribution in [1.82, 2.24) is 14.9 Å². The van der Waals surface area contributed by atoms with Crippen molar-refractivity contribution in [3.05, 3.63) is 101 Å². The van der Waals surface area contributed by atoms with Crippen molar-refractivity contribution in [3.63, 3.8) is 0 Å². The summed E-state index contributed by atoms with van der Waals surface area (Å²) in [5.74, 6) is 0.504. The highest BCUT2D eigenvalue weighted by atomic mass is 35.5. The van der Waals surface area contributed by atoms with Crippen LogP contribution in [0.15, 0.2) is 72.9 Å². The molecule has 0 unspecified atom stereocenters. The molecule has 0 aliphatic carbocycles. The van der Waals surface area contributed by atoms with Crippen LogP contribution in [0.3, 0.4) is 0 Å². The number of hydrogen-bond acceptors (Lipinski definition) is 5. The number of rotatable bonds is 8. The zero-order valence-corrected chi connectivity index (χ0v) is 24.2. The predicted octanol–water partition coefficient (Wildman–Crippen LogP) is 5.91. The molecule has 0 bridgehead atoms. The van der Waals surface area contributed by atoms with Gasteiger partial charge in [0.15, 0.2) is 5.11 Å². The molecule has 0 saturated carbocycles. The summed E-state index contributed by atoms with van der Waals surface area (Å²) in [4.78, 5) is 18.8. The van der Waals surface area contributed by atoms with Crippen LogP contribution in [0.5, 0.6) is 5.75 Å². The number of nitrogens with zero attached hydrogens (tertiary/aromatic N) is 3. The fraction of sp³-hybridized carbons (Fsp3) is 0.233. The van der Waals surface area contributed by atoms with Gasteiger partial charge in [-0.1, -0.05) is 23.7 Å². The number of aryl methyl sites for hydroxylation is 1. The number of thiocarbonyl (C=S) groups is 1. The minimum absolute atomic E-state index is 0.0606. The van der Waals surface area contributed by atoms with E-state index in [-0.39, 0.29) is 24.6 Å². The maximum atomic E-state index is 12.1. The fourth-order valence-electron chi connectivity index (χ4n) is 5.26. The summed E-state index contributed by atoms with van der Waals surface area (Å²) in [7, 11) is 3.13. The van der Waals surface area contributed by atoms with Crippen molar-refractivity contribution in [1.29, 1.82) is 0 Å². The number of benzene rings is 2. The van der Waals surface area contributed by atoms with Crippen molar-refractivity contribution in [2.45, 2.75) is 25.9 Å². The van der Waals surface area contributed by atoms with Gasteiger partial charge in [0.05, 0.1) is 35.6 Å². The number of carbonyl (C=O) groups is 1. The number of ether oxygens (including phenoxy) is 2. The van der Waals surface area contributed by atoms with Crippen LogP contribution in [-0.2, 0) is 9.53 Å². The van der Waals surface area contributed by atoms with Gasteiger partial charge in [-0.05, 0) is 80.2 Å². The highest BCUT2D eigenvalue weighted by Crippen LogP contribution is 2.44. The minimum Gasteiger partial charge on any atom is -0.497 e. The zero-order chi connectivity index (χ0) is 28.4. The van der Waals surface area contributed by atoms with Gasteiger partial charge in [-0.3, -0.25) is 9.78 Å². The Bertz CT molecular complexity index is 1560. The normalized spacial score (nSPS) is 16.6. The van der Waals surface area contributed by atoms with Crippen molar-refractivity contribution in [3.8, 4) is 11.4 Å². The standard InChI is InChI=1S/C30H30ClN5O3S/c1-18-14-23(19(2)35(18)20-8-7-9-22(15-20)39-4)29-28(26-10-5-6-13-32-26)34-30(40)36(29)21-11-12-25(24(31)16-21)33-27(37)17-38-3/h5-16,28-29H,17H2,1-4H3,(H,33,37)(H,34,40)/t28-,29+/m1/s1. The second-order valence-corrected chi connectivity index (χ2v) is 10.3. The van der Waals surface area contributed by atoms with Gasteiger partial charge >= 0.3 is 0 Å². The first-order valence-corrected chi connectivity index (χ1v) is 13.5. The van der Waals surface area contributed by atoms with Gasteiger partial charge in [0.25, 0.3) is 0 Å². The molecule has 2 atom stereocenters. The van der Waals surface area contributed by atoms with Gasteiger partial charge in [-0.25, -0.2) is 0 Å². The third kappa shape index (κ3) is 5.28. The molecule has 4 aromatic rings. The summed E-state index contributed by atoms with van der Waals surface area (Å²) in [6, 6.07) is 21.1. The van der Waals surface area contributed by atoms with Crippen LogP contribution in [0.2, 0.25) is 5.02 Å². The molecule has 2 aromatic heterocycles. The third-order valence-electron chi connectivity index (χ3n) is 6.98. The maximum absolute atomic E-state index is 12.1. The van der Waals surface area contributed by atoms with E-state index in [9.17, 15) is 4.79 Å². The molecule has 40 heavy (non-hydrogen) atoms. The van der Waals surface area contributed by atoms with Crippen LogP contribution in [0.4, 0.5) is 11.4 Å². The SMILES string of the molecule is COCC(=O)Nc1ccc(N2C(=S)N[C@H](c3ccccn3)[C@@H]2c2cc(C)n(-c3cccc(OC)c3)c2C)cc1Cl. The molecule has 1 fully saturated rings. The molecule has 10 heteroatoms. The molecule has 0 spiro atoms. The maximum Gasteiger partial charge on any atom is 0.250 e. The number of aromatic nitrogens is 2. The van der Waals surface area contributed by atoms with Crippen molar-refractivity contribution in [2.24, 2.45) is 0 Å². The molecule has 206 valence electrons. The lowest BCUT2D eigenvalue weighted by Crippen LogP contribution is -2.29. The molecule has 3 heterocycles. The number of amides is 1. The molecule has 1 amide bonds. The first-order valence-electron chi connectivity index (χ1n) is 12.7. The largest absolute Gasteiger partial charge is 0.497 e. The van der Waals surface area contributed by atoms with E-state index in [0.717, 1.165) is 39.8 Å². The van der Waals surface area contributed by atoms with Gasteiger partial charge in [-0.15, -0.1) is 0 Å². The fourth-order valence-corrected chi connectivity index (χ4v) is 5.82. The summed E-state index contributed by atoms with van der Waals surface area (Å²) in [5.41, 5.74) is 6.42. The van der Waals surface area contributed by atoms with Crippen LogP contribution in [0.1, 0.15) is 34.7 Å². The Labute approximate surface area is 243 Å². The number of halogens is 1. The van der Waals surface area contributed by atoms with E-state index < -0.39 is 0 Å². The van der Waals surface area contributed by atoms with E-state index in [2.05, 4.69) is 51.1 Å². The molecule has 2 aromatic carbocycles. The van der Waals surface area contributed by atoms with Crippen molar-refractivity contribution in [2.75, 3.05) is 31.0 Å². The summed E-state index contributed by atoms with van der Waals surface area (Å²) in [5, 5.41) is 7.23. The second-order valence-electron chi connectivity index (χ2n) is 9.51. The smallest absolute Gasteiger partial charge is 0.250 e. The lowest BCUT2D eigenvalue weighted by atomic mass is 9.96. The lowest BCUT2D eigenvalue weighted by molar-refractivity contribution is -0.119. The zero-order valence-electron chi connectivity index (χ0n) is 22.6. The molecule has 5 rings (SSSR count). The number of nitrogens with one attached hydrogen (secondary N) is 2. The van der Waals surface area contributed by atoms with E-state index in [1.807, 2.05) is 48.5 Å². The highest BCUT2D eigenvalue weighted by Gasteiger charge is 2.42. The molecule has 0 radical (unpaired) electrons. The summed E-state index contributed by atoms with van der Waals surface area (Å²) >= 11 is 12.5. The van der Waals surface area contributed by atoms with Gasteiger partial charge in [0, 0.05) is 42.1 Å². The van der Waals surface area contributed by atoms with E-state index in [1.165, 1.54) is 7.11 Å². The van der Waals surface area contributed by atoms with Crippen molar-refractivity contribution >= 4 is 46.2 Å². The second kappa shape index (κ2) is 11.7. The number of anilines is 2. The summed E-state index contributed by atoms with van der Waals surface area (Å²) < 4.78 is 12.6. The van der Waals surface area contributed by atoms with Gasteiger partial charge < -0.3 is 29.6 Å². The van der Waals surface area contributed by atoms with Crippen LogP contribution < -0.4 is 20.3 Å². The number of methoxy groups -OCH3 is 2.